The summed E-state index contributed by atoms with van der Waals surface area (Å²) in [6.07, 6.45) is 7.97. The maximum atomic E-state index is 6.29. The van der Waals surface area contributed by atoms with E-state index in [2.05, 4.69) is 20.8 Å². The molecule has 1 fully saturated rings. The Bertz CT molecular complexity index is 146. The van der Waals surface area contributed by atoms with Crippen LogP contribution in [0.5, 0.6) is 0 Å². The lowest BCUT2D eigenvalue weighted by molar-refractivity contribution is 0.195. The first-order valence-corrected chi connectivity index (χ1v) is 6.08. The number of rotatable bonds is 0. The molecule has 0 aromatic carbocycles. The van der Waals surface area contributed by atoms with Crippen LogP contribution in [0.3, 0.4) is 0 Å². The zero-order valence-corrected chi connectivity index (χ0v) is 10.0. The highest BCUT2D eigenvalue weighted by Crippen LogP contribution is 2.37. The molecule has 0 N–H and O–H groups in total. The van der Waals surface area contributed by atoms with Crippen molar-refractivity contribution in [3.05, 3.63) is 0 Å². The van der Waals surface area contributed by atoms with Gasteiger partial charge in [0, 0.05) is 5.38 Å². The average molecular weight is 203 g/mol. The van der Waals surface area contributed by atoms with E-state index in [-0.39, 0.29) is 0 Å². The zero-order valence-electron chi connectivity index (χ0n) is 9.28. The van der Waals surface area contributed by atoms with Gasteiger partial charge >= 0.3 is 0 Å². The minimum Gasteiger partial charge on any atom is -0.123 e. The minimum atomic E-state index is 0.435. The van der Waals surface area contributed by atoms with Gasteiger partial charge in [0.15, 0.2) is 0 Å². The van der Waals surface area contributed by atoms with Gasteiger partial charge in [0.25, 0.3) is 0 Å². The maximum Gasteiger partial charge on any atom is 0.0338 e. The first kappa shape index (κ1) is 11.4. The van der Waals surface area contributed by atoms with Crippen LogP contribution >= 0.6 is 11.6 Å². The van der Waals surface area contributed by atoms with Crippen molar-refractivity contribution in [3.63, 3.8) is 0 Å². The smallest absolute Gasteiger partial charge is 0.0338 e. The van der Waals surface area contributed by atoms with Crippen LogP contribution in [0.2, 0.25) is 0 Å². The fourth-order valence-electron chi connectivity index (χ4n) is 2.26. The van der Waals surface area contributed by atoms with Crippen LogP contribution in [0.1, 0.15) is 59.3 Å². The van der Waals surface area contributed by atoms with Crippen LogP contribution in [0.25, 0.3) is 0 Å². The SMILES string of the molecule is CC(C)(C)C1CCCCCC(Cl)C1. The molecule has 1 aliphatic carbocycles. The molecule has 2 atom stereocenters. The predicted octanol–water partition coefficient (Wildman–Crippen LogP) is 4.61. The molecule has 1 rings (SSSR count). The summed E-state index contributed by atoms with van der Waals surface area (Å²) in [6.45, 7) is 7.05. The summed E-state index contributed by atoms with van der Waals surface area (Å²) in [5, 5.41) is 0.435. The van der Waals surface area contributed by atoms with E-state index < -0.39 is 0 Å². The van der Waals surface area contributed by atoms with Gasteiger partial charge in [-0.25, -0.2) is 0 Å². The van der Waals surface area contributed by atoms with E-state index >= 15 is 0 Å². The second-order valence-corrected chi connectivity index (χ2v) is 6.15. The molecule has 1 aliphatic rings. The zero-order chi connectivity index (χ0) is 9.90. The Kier molecular flexibility index (Phi) is 4.09. The van der Waals surface area contributed by atoms with Crippen LogP contribution in [0.15, 0.2) is 0 Å². The molecule has 0 spiro atoms. The fourth-order valence-corrected chi connectivity index (χ4v) is 2.63. The van der Waals surface area contributed by atoms with Gasteiger partial charge in [0.2, 0.25) is 0 Å². The van der Waals surface area contributed by atoms with Gasteiger partial charge in [-0.15, -0.1) is 11.6 Å². The normalized spacial score (nSPS) is 32.3. The molecule has 1 heteroatoms. The van der Waals surface area contributed by atoms with Gasteiger partial charge in [0.1, 0.15) is 0 Å². The molecule has 0 saturated heterocycles. The third kappa shape index (κ3) is 3.89. The highest BCUT2D eigenvalue weighted by molar-refractivity contribution is 6.20. The number of halogens is 1. The van der Waals surface area contributed by atoms with E-state index in [1.807, 2.05) is 0 Å². The van der Waals surface area contributed by atoms with E-state index in [1.54, 1.807) is 0 Å². The number of hydrogen-bond acceptors (Lipinski definition) is 0. The Balaban J connectivity index is 2.51. The summed E-state index contributed by atoms with van der Waals surface area (Å²) < 4.78 is 0. The van der Waals surface area contributed by atoms with Crippen molar-refractivity contribution in [2.24, 2.45) is 11.3 Å². The molecule has 2 unspecified atom stereocenters. The van der Waals surface area contributed by atoms with Crippen molar-refractivity contribution < 1.29 is 0 Å². The van der Waals surface area contributed by atoms with Crippen LogP contribution in [0, 0.1) is 11.3 Å². The minimum absolute atomic E-state index is 0.435. The predicted molar refractivity (Wildman–Crippen MR) is 60.3 cm³/mol. The summed E-state index contributed by atoms with van der Waals surface area (Å²) >= 11 is 6.29. The van der Waals surface area contributed by atoms with Crippen molar-refractivity contribution in [3.8, 4) is 0 Å². The topological polar surface area (TPSA) is 0 Å². The van der Waals surface area contributed by atoms with Gasteiger partial charge < -0.3 is 0 Å². The van der Waals surface area contributed by atoms with E-state index in [4.69, 9.17) is 11.6 Å². The Morgan fingerprint density at radius 2 is 1.62 bits per heavy atom. The van der Waals surface area contributed by atoms with E-state index in [0.29, 0.717) is 10.8 Å². The fraction of sp³-hybridized carbons (Fsp3) is 1.00. The molecule has 0 nitrogen and oxygen atoms in total. The van der Waals surface area contributed by atoms with Gasteiger partial charge in [-0.1, -0.05) is 40.0 Å². The molecule has 1 saturated carbocycles. The summed E-state index contributed by atoms with van der Waals surface area (Å²) in [5.41, 5.74) is 0.449. The van der Waals surface area contributed by atoms with E-state index in [9.17, 15) is 0 Å². The third-order valence-electron chi connectivity index (χ3n) is 3.33. The Labute approximate surface area is 88.1 Å². The molecule has 0 aromatic rings. The van der Waals surface area contributed by atoms with Crippen molar-refractivity contribution in [1.82, 2.24) is 0 Å². The second kappa shape index (κ2) is 4.68. The highest BCUT2D eigenvalue weighted by atomic mass is 35.5. The Morgan fingerprint density at radius 1 is 1.00 bits per heavy atom. The average Bonchev–Trinajstić information content (AvgIpc) is 1.94. The van der Waals surface area contributed by atoms with Crippen LogP contribution in [0.4, 0.5) is 0 Å². The van der Waals surface area contributed by atoms with Crippen LogP contribution in [-0.4, -0.2) is 5.38 Å². The molecule has 13 heavy (non-hydrogen) atoms. The van der Waals surface area contributed by atoms with Crippen LogP contribution < -0.4 is 0 Å². The quantitative estimate of drug-likeness (QED) is 0.504. The molecule has 0 heterocycles. The van der Waals surface area contributed by atoms with Gasteiger partial charge in [-0.05, 0) is 30.6 Å². The lowest BCUT2D eigenvalue weighted by Gasteiger charge is -2.33. The Hall–Kier alpha value is 0.290. The molecule has 0 bridgehead atoms. The van der Waals surface area contributed by atoms with Crippen molar-refractivity contribution in [2.75, 3.05) is 0 Å². The van der Waals surface area contributed by atoms with Crippen molar-refractivity contribution >= 4 is 11.6 Å². The van der Waals surface area contributed by atoms with Gasteiger partial charge in [-0.2, -0.15) is 0 Å². The molecular formula is C12H23Cl. The monoisotopic (exact) mass is 202 g/mol. The maximum absolute atomic E-state index is 6.29. The third-order valence-corrected chi connectivity index (χ3v) is 3.73. The standard InChI is InChI=1S/C12H23Cl/c1-12(2,3)10-7-5-4-6-8-11(13)9-10/h10-11H,4-9H2,1-3H3. The largest absolute Gasteiger partial charge is 0.123 e. The van der Waals surface area contributed by atoms with Crippen LogP contribution in [-0.2, 0) is 0 Å². The summed E-state index contributed by atoms with van der Waals surface area (Å²) in [7, 11) is 0. The first-order valence-electron chi connectivity index (χ1n) is 5.64. The number of alkyl halides is 1. The highest BCUT2D eigenvalue weighted by Gasteiger charge is 2.27. The lowest BCUT2D eigenvalue weighted by atomic mass is 9.74. The number of hydrogen-bond donors (Lipinski definition) is 0. The molecule has 0 aliphatic heterocycles. The molecule has 0 radical (unpaired) electrons. The Morgan fingerprint density at radius 3 is 2.23 bits per heavy atom. The van der Waals surface area contributed by atoms with Crippen molar-refractivity contribution in [2.45, 2.75) is 64.7 Å². The van der Waals surface area contributed by atoms with Gasteiger partial charge in [-0.3, -0.25) is 0 Å². The second-order valence-electron chi connectivity index (χ2n) is 5.53. The molecule has 0 aromatic heterocycles. The molecule has 78 valence electrons. The molecule has 0 amide bonds. The summed E-state index contributed by atoms with van der Waals surface area (Å²) in [6, 6.07) is 0. The molecular weight excluding hydrogens is 180 g/mol. The van der Waals surface area contributed by atoms with E-state index in [1.165, 1.54) is 38.5 Å². The summed E-state index contributed by atoms with van der Waals surface area (Å²) in [4.78, 5) is 0. The summed E-state index contributed by atoms with van der Waals surface area (Å²) in [5.74, 6) is 0.829. The first-order chi connectivity index (χ1) is 6.00. The van der Waals surface area contributed by atoms with E-state index in [0.717, 1.165) is 5.92 Å². The lowest BCUT2D eigenvalue weighted by Crippen LogP contribution is -2.24. The van der Waals surface area contributed by atoms with Crippen molar-refractivity contribution in [1.29, 1.82) is 0 Å². The van der Waals surface area contributed by atoms with Gasteiger partial charge in [0.05, 0.1) is 0 Å².